The molecule has 0 saturated carbocycles. The highest BCUT2D eigenvalue weighted by molar-refractivity contribution is 5.78. The monoisotopic (exact) mass is 388 g/mol. The maximum Gasteiger partial charge on any atom is 0.118 e. The Balaban J connectivity index is 1.91. The Kier molecular flexibility index (Phi) is 6.02. The van der Waals surface area contributed by atoms with E-state index < -0.39 is 0 Å². The van der Waals surface area contributed by atoms with Gasteiger partial charge in [-0.2, -0.15) is 0 Å². The molecule has 1 aliphatic rings. The first-order chi connectivity index (χ1) is 13.7. The van der Waals surface area contributed by atoms with Crippen LogP contribution in [0, 0.1) is 5.41 Å². The summed E-state index contributed by atoms with van der Waals surface area (Å²) in [4.78, 5) is 0. The van der Waals surface area contributed by atoms with Crippen molar-refractivity contribution >= 4 is 6.08 Å². The van der Waals surface area contributed by atoms with Gasteiger partial charge in [0.1, 0.15) is 11.5 Å². The fourth-order valence-electron chi connectivity index (χ4n) is 3.92. The lowest BCUT2D eigenvalue weighted by atomic mass is 9.87. The molecule has 1 aliphatic heterocycles. The second kappa shape index (κ2) is 8.32. The lowest BCUT2D eigenvalue weighted by Crippen LogP contribution is -2.08. The third-order valence-electron chi connectivity index (χ3n) is 5.65. The number of hydrogen-bond acceptors (Lipinski definition) is 2. The second-order valence-corrected chi connectivity index (χ2v) is 8.74. The van der Waals surface area contributed by atoms with E-state index in [1.807, 2.05) is 18.2 Å². The van der Waals surface area contributed by atoms with E-state index in [1.54, 1.807) is 6.07 Å². The first-order valence-corrected chi connectivity index (χ1v) is 10.4. The molecule has 0 bridgehead atoms. The fraction of sp³-hybridized carbons (Fsp3) is 0.333. The molecule has 2 aromatic rings. The van der Waals surface area contributed by atoms with E-state index in [9.17, 15) is 5.11 Å². The molecular weight excluding hydrogens is 356 g/mol. The summed E-state index contributed by atoms with van der Waals surface area (Å²) in [5, 5.41) is 9.88. The van der Waals surface area contributed by atoms with Crippen LogP contribution in [0.1, 0.15) is 56.7 Å². The van der Waals surface area contributed by atoms with Crippen LogP contribution in [-0.4, -0.2) is 11.7 Å². The molecule has 1 N–H and O–H groups in total. The maximum absolute atomic E-state index is 9.88. The molecule has 3 rings (SSSR count). The van der Waals surface area contributed by atoms with Gasteiger partial charge >= 0.3 is 0 Å². The van der Waals surface area contributed by atoms with Crippen molar-refractivity contribution < 1.29 is 9.84 Å². The maximum atomic E-state index is 9.88. The number of benzene rings is 2. The van der Waals surface area contributed by atoms with Gasteiger partial charge in [-0.15, -0.1) is 0 Å². The minimum absolute atomic E-state index is 0.0791. The Morgan fingerprint density at radius 2 is 1.97 bits per heavy atom. The highest BCUT2D eigenvalue weighted by Gasteiger charge is 2.26. The van der Waals surface area contributed by atoms with Gasteiger partial charge in [0.15, 0.2) is 0 Å². The molecule has 0 radical (unpaired) electrons. The van der Waals surface area contributed by atoms with Crippen molar-refractivity contribution in [3.8, 4) is 16.9 Å². The summed E-state index contributed by atoms with van der Waals surface area (Å²) in [5.41, 5.74) is 6.94. The minimum Gasteiger partial charge on any atom is -0.508 e. The lowest BCUT2D eigenvalue weighted by Gasteiger charge is -2.18. The van der Waals surface area contributed by atoms with Crippen LogP contribution in [0.25, 0.3) is 17.2 Å². The van der Waals surface area contributed by atoms with Gasteiger partial charge in [0.05, 0.1) is 6.61 Å². The van der Waals surface area contributed by atoms with E-state index in [4.69, 9.17) is 4.74 Å². The van der Waals surface area contributed by atoms with Crippen molar-refractivity contribution in [3.63, 3.8) is 0 Å². The van der Waals surface area contributed by atoms with Gasteiger partial charge in [-0.25, -0.2) is 0 Å². The van der Waals surface area contributed by atoms with Crippen molar-refractivity contribution in [3.05, 3.63) is 83.7 Å². The summed E-state index contributed by atoms with van der Waals surface area (Å²) in [7, 11) is 0. The van der Waals surface area contributed by atoms with E-state index in [0.717, 1.165) is 46.4 Å². The molecule has 152 valence electrons. The topological polar surface area (TPSA) is 29.5 Å². The molecule has 2 nitrogen and oxygen atoms in total. The van der Waals surface area contributed by atoms with Crippen LogP contribution in [-0.2, 0) is 11.2 Å². The van der Waals surface area contributed by atoms with Gasteiger partial charge in [0.2, 0.25) is 0 Å². The number of hydrogen-bond donors (Lipinski definition) is 1. The van der Waals surface area contributed by atoms with E-state index in [0.29, 0.717) is 18.3 Å². The minimum atomic E-state index is 0.0791. The van der Waals surface area contributed by atoms with Crippen molar-refractivity contribution in [2.24, 2.45) is 5.41 Å². The highest BCUT2D eigenvalue weighted by atomic mass is 16.5. The van der Waals surface area contributed by atoms with Crippen molar-refractivity contribution in [1.29, 1.82) is 0 Å². The zero-order chi connectivity index (χ0) is 21.2. The predicted octanol–water partition coefficient (Wildman–Crippen LogP) is 7.25. The smallest absolute Gasteiger partial charge is 0.118 e. The molecule has 0 fully saturated rings. The second-order valence-electron chi connectivity index (χ2n) is 8.74. The van der Waals surface area contributed by atoms with Gasteiger partial charge < -0.3 is 9.84 Å². The van der Waals surface area contributed by atoms with Crippen LogP contribution in [0.2, 0.25) is 0 Å². The molecule has 1 unspecified atom stereocenters. The summed E-state index contributed by atoms with van der Waals surface area (Å²) in [6.45, 7) is 17.7. The largest absolute Gasteiger partial charge is 0.508 e. The lowest BCUT2D eigenvalue weighted by molar-refractivity contribution is 0.190. The standard InChI is InChI=1S/C27H32O2/c1-7-20-9-10-22(15-25(20)24-12-11-23(28)14-21(24)8-2)18(3)13-19(4)26-16-27(5,6)17-29-26/h7,9-12,14-16,18,28H,1,4,8,13,17H2,2-3,5-6H3. The molecule has 2 heteroatoms. The zero-order valence-corrected chi connectivity index (χ0v) is 18.1. The number of ether oxygens (including phenoxy) is 1. The number of aromatic hydroxyl groups is 1. The van der Waals surface area contributed by atoms with E-state index in [-0.39, 0.29) is 5.41 Å². The Morgan fingerprint density at radius 1 is 1.21 bits per heavy atom. The van der Waals surface area contributed by atoms with Crippen LogP contribution in [0.15, 0.2) is 67.0 Å². The number of rotatable bonds is 7. The first-order valence-electron chi connectivity index (χ1n) is 10.4. The van der Waals surface area contributed by atoms with Crippen molar-refractivity contribution in [2.75, 3.05) is 6.61 Å². The van der Waals surface area contributed by atoms with Crippen molar-refractivity contribution in [1.82, 2.24) is 0 Å². The van der Waals surface area contributed by atoms with E-state index in [2.05, 4.69) is 65.1 Å². The average molecular weight is 389 g/mol. The summed E-state index contributed by atoms with van der Waals surface area (Å²) in [6, 6.07) is 12.2. The van der Waals surface area contributed by atoms with Crippen LogP contribution >= 0.6 is 0 Å². The highest BCUT2D eigenvalue weighted by Crippen LogP contribution is 2.37. The summed E-state index contributed by atoms with van der Waals surface area (Å²) >= 11 is 0. The third-order valence-corrected chi connectivity index (χ3v) is 5.65. The summed E-state index contributed by atoms with van der Waals surface area (Å²) in [6.07, 6.45) is 5.80. The van der Waals surface area contributed by atoms with Crippen LogP contribution in [0.3, 0.4) is 0 Å². The van der Waals surface area contributed by atoms with Crippen molar-refractivity contribution in [2.45, 2.75) is 46.5 Å². The fourth-order valence-corrected chi connectivity index (χ4v) is 3.92. The molecule has 0 aromatic heterocycles. The van der Waals surface area contributed by atoms with Crippen LogP contribution in [0.5, 0.6) is 5.75 Å². The molecule has 0 saturated heterocycles. The number of phenolic OH excluding ortho intramolecular Hbond substituents is 1. The molecule has 0 aliphatic carbocycles. The summed E-state index contributed by atoms with van der Waals surface area (Å²) in [5.74, 6) is 1.56. The van der Waals surface area contributed by atoms with Crippen LogP contribution < -0.4 is 0 Å². The zero-order valence-electron chi connectivity index (χ0n) is 18.1. The predicted molar refractivity (Wildman–Crippen MR) is 123 cm³/mol. The van der Waals surface area contributed by atoms with Gasteiger partial charge in [0, 0.05) is 5.41 Å². The summed E-state index contributed by atoms with van der Waals surface area (Å²) < 4.78 is 5.86. The molecule has 1 heterocycles. The normalized spacial score (nSPS) is 16.1. The average Bonchev–Trinajstić information content (AvgIpc) is 3.07. The SMILES string of the molecule is C=Cc1ccc(C(C)CC(=C)C2=CC(C)(C)CO2)cc1-c1ccc(O)cc1CC. The molecular formula is C27H32O2. The van der Waals surface area contributed by atoms with Gasteiger partial charge in [-0.05, 0) is 70.4 Å². The quantitative estimate of drug-likeness (QED) is 0.541. The third kappa shape index (κ3) is 4.64. The number of allylic oxidation sites excluding steroid dienone is 1. The van der Waals surface area contributed by atoms with Gasteiger partial charge in [-0.1, -0.05) is 71.2 Å². The first kappa shape index (κ1) is 21.0. The van der Waals surface area contributed by atoms with Gasteiger partial charge in [0.25, 0.3) is 0 Å². The molecule has 0 spiro atoms. The van der Waals surface area contributed by atoms with E-state index in [1.165, 1.54) is 5.56 Å². The van der Waals surface area contributed by atoms with Crippen LogP contribution in [0.4, 0.5) is 0 Å². The molecule has 29 heavy (non-hydrogen) atoms. The Labute approximate surface area is 175 Å². The van der Waals surface area contributed by atoms with E-state index >= 15 is 0 Å². The number of phenols is 1. The molecule has 2 aromatic carbocycles. The Bertz CT molecular complexity index is 962. The Hall–Kier alpha value is -2.74. The molecule has 0 amide bonds. The van der Waals surface area contributed by atoms with Gasteiger partial charge in [-0.3, -0.25) is 0 Å². The number of aryl methyl sites for hydroxylation is 1. The Morgan fingerprint density at radius 3 is 2.59 bits per heavy atom. The molecule has 1 atom stereocenters.